The predicted molar refractivity (Wildman–Crippen MR) is 57.9 cm³/mol. The fourth-order valence-electron chi connectivity index (χ4n) is 0.898. The van der Waals surface area contributed by atoms with Crippen LogP contribution in [0, 0.1) is 0 Å². The van der Waals surface area contributed by atoms with E-state index in [0.717, 1.165) is 0 Å². The maximum absolute atomic E-state index is 11.2. The van der Waals surface area contributed by atoms with Crippen molar-refractivity contribution in [3.05, 3.63) is 0 Å². The molecule has 0 atom stereocenters. The lowest BCUT2D eigenvalue weighted by Crippen LogP contribution is -2.24. The first-order valence-corrected chi connectivity index (χ1v) is 5.21. The van der Waals surface area contributed by atoms with Gasteiger partial charge in [-0.1, -0.05) is 0 Å². The fraction of sp³-hybridized carbons (Fsp3) is 0.818. The number of hydrogen-bond acceptors (Lipinski definition) is 5. The summed E-state index contributed by atoms with van der Waals surface area (Å²) >= 11 is 0. The van der Waals surface area contributed by atoms with E-state index in [0.29, 0.717) is 6.61 Å². The Bertz CT molecular complexity index is 229. The van der Waals surface area contributed by atoms with Gasteiger partial charge in [-0.25, -0.2) is 0 Å². The standard InChI is InChI=1S/C11H20O5/c1-11(2,3)16-10(13)6-8-15-9(12)5-7-14-4/h5-8H2,1-4H3. The largest absolute Gasteiger partial charge is 0.465 e. The van der Waals surface area contributed by atoms with Gasteiger partial charge in [-0.15, -0.1) is 0 Å². The minimum absolute atomic E-state index is 0.0530. The van der Waals surface area contributed by atoms with Gasteiger partial charge in [0, 0.05) is 7.11 Å². The first-order valence-electron chi connectivity index (χ1n) is 5.21. The highest BCUT2D eigenvalue weighted by Crippen LogP contribution is 2.08. The van der Waals surface area contributed by atoms with Crippen LogP contribution < -0.4 is 0 Å². The molecule has 0 aliphatic rings. The molecule has 0 saturated carbocycles. The van der Waals surface area contributed by atoms with Crippen LogP contribution in [-0.4, -0.2) is 37.9 Å². The third-order valence-corrected chi connectivity index (χ3v) is 1.50. The van der Waals surface area contributed by atoms with Crippen molar-refractivity contribution in [3.63, 3.8) is 0 Å². The van der Waals surface area contributed by atoms with Gasteiger partial charge in [-0.2, -0.15) is 0 Å². The normalized spacial score (nSPS) is 11.0. The van der Waals surface area contributed by atoms with Crippen LogP contribution in [-0.2, 0) is 23.8 Å². The molecule has 0 saturated heterocycles. The molecule has 5 heteroatoms. The number of ether oxygens (including phenoxy) is 3. The maximum Gasteiger partial charge on any atom is 0.309 e. The Morgan fingerprint density at radius 2 is 1.56 bits per heavy atom. The molecule has 0 N–H and O–H groups in total. The highest BCUT2D eigenvalue weighted by atomic mass is 16.6. The van der Waals surface area contributed by atoms with Gasteiger partial charge in [0.2, 0.25) is 0 Å². The molecular formula is C11H20O5. The van der Waals surface area contributed by atoms with Crippen LogP contribution in [0.4, 0.5) is 0 Å². The summed E-state index contributed by atoms with van der Waals surface area (Å²) in [6.07, 6.45) is 0.279. The zero-order valence-corrected chi connectivity index (χ0v) is 10.4. The monoisotopic (exact) mass is 232 g/mol. The van der Waals surface area contributed by atoms with Gasteiger partial charge in [-0.05, 0) is 20.8 Å². The summed E-state index contributed by atoms with van der Waals surface area (Å²) in [5, 5.41) is 0. The van der Waals surface area contributed by atoms with Gasteiger partial charge in [0.1, 0.15) is 12.2 Å². The molecule has 0 unspecified atom stereocenters. The van der Waals surface area contributed by atoms with Gasteiger partial charge in [-0.3, -0.25) is 9.59 Å². The number of esters is 2. The lowest BCUT2D eigenvalue weighted by atomic mass is 10.2. The van der Waals surface area contributed by atoms with Crippen LogP contribution >= 0.6 is 0 Å². The van der Waals surface area contributed by atoms with Crippen molar-refractivity contribution in [2.75, 3.05) is 20.3 Å². The zero-order chi connectivity index (χ0) is 12.6. The van der Waals surface area contributed by atoms with E-state index in [4.69, 9.17) is 14.2 Å². The first-order chi connectivity index (χ1) is 7.35. The Morgan fingerprint density at radius 1 is 1.00 bits per heavy atom. The Hall–Kier alpha value is -1.10. The molecule has 0 aliphatic carbocycles. The van der Waals surface area contributed by atoms with E-state index in [1.807, 2.05) is 0 Å². The topological polar surface area (TPSA) is 61.8 Å². The van der Waals surface area contributed by atoms with E-state index in [2.05, 4.69) is 0 Å². The second kappa shape index (κ2) is 7.22. The van der Waals surface area contributed by atoms with E-state index < -0.39 is 5.60 Å². The average molecular weight is 232 g/mol. The molecule has 0 amide bonds. The van der Waals surface area contributed by atoms with E-state index >= 15 is 0 Å². The van der Waals surface area contributed by atoms with Gasteiger partial charge >= 0.3 is 11.9 Å². The third kappa shape index (κ3) is 9.45. The number of carbonyl (C=O) groups excluding carboxylic acids is 2. The van der Waals surface area contributed by atoms with Crippen LogP contribution in [0.3, 0.4) is 0 Å². The molecule has 0 aliphatic heterocycles. The number of hydrogen-bond donors (Lipinski definition) is 0. The predicted octanol–water partition coefficient (Wildman–Crippen LogP) is 1.30. The van der Waals surface area contributed by atoms with E-state index in [9.17, 15) is 9.59 Å². The van der Waals surface area contributed by atoms with Gasteiger partial charge < -0.3 is 14.2 Å². The molecule has 0 heterocycles. The minimum atomic E-state index is -0.503. The summed E-state index contributed by atoms with van der Waals surface area (Å²) in [6.45, 7) is 5.74. The molecule has 0 fully saturated rings. The molecule has 0 aromatic heterocycles. The third-order valence-electron chi connectivity index (χ3n) is 1.50. The highest BCUT2D eigenvalue weighted by molar-refractivity contribution is 5.72. The van der Waals surface area contributed by atoms with Crippen molar-refractivity contribution in [1.82, 2.24) is 0 Å². The lowest BCUT2D eigenvalue weighted by molar-refractivity contribution is -0.157. The van der Waals surface area contributed by atoms with E-state index in [1.165, 1.54) is 7.11 Å². The Labute approximate surface area is 96.1 Å². The van der Waals surface area contributed by atoms with Crippen LogP contribution in [0.2, 0.25) is 0 Å². The summed E-state index contributed by atoms with van der Waals surface area (Å²) in [5.41, 5.74) is -0.503. The summed E-state index contributed by atoms with van der Waals surface area (Å²) in [5.74, 6) is -0.738. The summed E-state index contributed by atoms with van der Waals surface area (Å²) in [6, 6.07) is 0. The summed E-state index contributed by atoms with van der Waals surface area (Å²) in [4.78, 5) is 22.2. The van der Waals surface area contributed by atoms with Gasteiger partial charge in [0.25, 0.3) is 0 Å². The Kier molecular flexibility index (Phi) is 6.72. The molecule has 0 aromatic carbocycles. The second-order valence-electron chi connectivity index (χ2n) is 4.30. The molecule has 0 bridgehead atoms. The molecule has 0 radical (unpaired) electrons. The van der Waals surface area contributed by atoms with Crippen molar-refractivity contribution in [1.29, 1.82) is 0 Å². The molecule has 0 rings (SSSR count). The van der Waals surface area contributed by atoms with Crippen LogP contribution in [0.15, 0.2) is 0 Å². The van der Waals surface area contributed by atoms with Crippen molar-refractivity contribution in [2.24, 2.45) is 0 Å². The van der Waals surface area contributed by atoms with E-state index in [1.54, 1.807) is 20.8 Å². The molecular weight excluding hydrogens is 212 g/mol. The molecule has 16 heavy (non-hydrogen) atoms. The van der Waals surface area contributed by atoms with Crippen LogP contribution in [0.1, 0.15) is 33.6 Å². The average Bonchev–Trinajstić information content (AvgIpc) is 2.11. The molecule has 0 aromatic rings. The molecule has 5 nitrogen and oxygen atoms in total. The van der Waals surface area contributed by atoms with Crippen molar-refractivity contribution >= 4 is 11.9 Å². The number of carbonyl (C=O) groups is 2. The fourth-order valence-corrected chi connectivity index (χ4v) is 0.898. The van der Waals surface area contributed by atoms with Crippen LogP contribution in [0.25, 0.3) is 0 Å². The second-order valence-corrected chi connectivity index (χ2v) is 4.30. The van der Waals surface area contributed by atoms with Crippen molar-refractivity contribution in [2.45, 2.75) is 39.2 Å². The number of rotatable bonds is 6. The smallest absolute Gasteiger partial charge is 0.309 e. The van der Waals surface area contributed by atoms with Crippen molar-refractivity contribution in [3.8, 4) is 0 Å². The maximum atomic E-state index is 11.2. The number of methoxy groups -OCH3 is 1. The Morgan fingerprint density at radius 3 is 2.06 bits per heavy atom. The van der Waals surface area contributed by atoms with Gasteiger partial charge in [0.15, 0.2) is 0 Å². The quantitative estimate of drug-likeness (QED) is 0.646. The highest BCUT2D eigenvalue weighted by Gasteiger charge is 2.16. The van der Waals surface area contributed by atoms with Gasteiger partial charge in [0.05, 0.1) is 19.4 Å². The SMILES string of the molecule is COCCC(=O)OCCC(=O)OC(C)(C)C. The van der Waals surface area contributed by atoms with E-state index in [-0.39, 0.29) is 31.4 Å². The zero-order valence-electron chi connectivity index (χ0n) is 10.4. The summed E-state index contributed by atoms with van der Waals surface area (Å²) < 4.78 is 14.6. The lowest BCUT2D eigenvalue weighted by Gasteiger charge is -2.19. The summed E-state index contributed by atoms with van der Waals surface area (Å²) in [7, 11) is 1.51. The van der Waals surface area contributed by atoms with Crippen molar-refractivity contribution < 1.29 is 23.8 Å². The van der Waals surface area contributed by atoms with Crippen LogP contribution in [0.5, 0.6) is 0 Å². The Balaban J connectivity index is 3.58. The minimum Gasteiger partial charge on any atom is -0.465 e. The first kappa shape index (κ1) is 14.9. The molecule has 0 spiro atoms. The molecule has 94 valence electrons.